The van der Waals surface area contributed by atoms with Crippen LogP contribution in [0.3, 0.4) is 0 Å². The van der Waals surface area contributed by atoms with Gasteiger partial charge in [0.05, 0.1) is 0 Å². The first kappa shape index (κ1) is 18.0. The molecule has 4 nitrogen and oxygen atoms in total. The molecule has 2 amide bonds. The second-order valence-corrected chi connectivity index (χ2v) is 7.58. The zero-order chi connectivity index (χ0) is 17.8. The zero-order valence-electron chi connectivity index (χ0n) is 15.5. The Labute approximate surface area is 151 Å². The van der Waals surface area contributed by atoms with Gasteiger partial charge in [0.15, 0.2) is 0 Å². The fraction of sp³-hybridized carbons (Fsp3) is 0.571. The molecule has 0 unspecified atom stereocenters. The molecule has 2 fully saturated rings. The number of carbonyl (C=O) groups is 1. The molecule has 3 rings (SSSR count). The summed E-state index contributed by atoms with van der Waals surface area (Å²) in [6.07, 6.45) is 4.88. The van der Waals surface area contributed by atoms with E-state index in [4.69, 9.17) is 4.74 Å². The van der Waals surface area contributed by atoms with Crippen LogP contribution >= 0.6 is 0 Å². The van der Waals surface area contributed by atoms with Crippen molar-refractivity contribution in [1.82, 2.24) is 4.90 Å². The van der Waals surface area contributed by atoms with Gasteiger partial charge in [-0.2, -0.15) is 0 Å². The molecule has 0 radical (unpaired) electrons. The first-order chi connectivity index (χ1) is 12.1. The topological polar surface area (TPSA) is 41.6 Å². The number of hydrogen-bond acceptors (Lipinski definition) is 2. The van der Waals surface area contributed by atoms with Crippen molar-refractivity contribution in [3.8, 4) is 0 Å². The Morgan fingerprint density at radius 2 is 2.24 bits per heavy atom. The van der Waals surface area contributed by atoms with E-state index in [2.05, 4.69) is 43.9 Å². The van der Waals surface area contributed by atoms with Crippen molar-refractivity contribution in [2.45, 2.75) is 39.0 Å². The van der Waals surface area contributed by atoms with Crippen molar-refractivity contribution in [1.29, 1.82) is 0 Å². The molecule has 0 aliphatic carbocycles. The highest BCUT2D eigenvalue weighted by Gasteiger charge is 2.34. The van der Waals surface area contributed by atoms with Gasteiger partial charge in [-0.25, -0.2) is 4.79 Å². The number of ether oxygens (including phenoxy) is 1. The minimum absolute atomic E-state index is 0.0276. The highest BCUT2D eigenvalue weighted by molar-refractivity contribution is 5.91. The van der Waals surface area contributed by atoms with Crippen molar-refractivity contribution in [2.75, 3.05) is 31.6 Å². The molecule has 0 aromatic heterocycles. The van der Waals surface area contributed by atoms with Gasteiger partial charge in [0.2, 0.25) is 0 Å². The quantitative estimate of drug-likeness (QED) is 0.804. The molecule has 136 valence electrons. The molecule has 25 heavy (non-hydrogen) atoms. The van der Waals surface area contributed by atoms with Crippen LogP contribution in [0.4, 0.5) is 10.5 Å². The van der Waals surface area contributed by atoms with E-state index in [1.54, 1.807) is 0 Å². The average Bonchev–Trinajstić information content (AvgIpc) is 3.27. The Morgan fingerprint density at radius 3 is 2.92 bits per heavy atom. The highest BCUT2D eigenvalue weighted by Crippen LogP contribution is 2.32. The Morgan fingerprint density at radius 1 is 1.40 bits per heavy atom. The molecular weight excluding hydrogens is 312 g/mol. The maximum atomic E-state index is 12.9. The fourth-order valence-corrected chi connectivity index (χ4v) is 4.05. The van der Waals surface area contributed by atoms with Crippen molar-refractivity contribution >= 4 is 11.7 Å². The third kappa shape index (κ3) is 4.06. The summed E-state index contributed by atoms with van der Waals surface area (Å²) in [6.45, 7) is 11.6. The number of amides is 2. The fourth-order valence-electron chi connectivity index (χ4n) is 4.05. The van der Waals surface area contributed by atoms with Gasteiger partial charge < -0.3 is 15.0 Å². The van der Waals surface area contributed by atoms with Crippen LogP contribution in [0, 0.1) is 11.8 Å². The molecule has 2 saturated heterocycles. The maximum Gasteiger partial charge on any atom is 0.321 e. The predicted octanol–water partition coefficient (Wildman–Crippen LogP) is 4.43. The van der Waals surface area contributed by atoms with Crippen LogP contribution < -0.4 is 5.32 Å². The lowest BCUT2D eigenvalue weighted by atomic mass is 9.91. The summed E-state index contributed by atoms with van der Waals surface area (Å²) in [5, 5.41) is 3.21. The molecule has 0 saturated carbocycles. The summed E-state index contributed by atoms with van der Waals surface area (Å²) in [6, 6.07) is 6.27. The summed E-state index contributed by atoms with van der Waals surface area (Å²) < 4.78 is 5.52. The van der Waals surface area contributed by atoms with Crippen LogP contribution in [0.5, 0.6) is 0 Å². The maximum absolute atomic E-state index is 12.9. The van der Waals surface area contributed by atoms with Gasteiger partial charge in [-0.3, -0.25) is 0 Å². The van der Waals surface area contributed by atoms with Crippen molar-refractivity contribution in [3.63, 3.8) is 0 Å². The van der Waals surface area contributed by atoms with Crippen LogP contribution in [0.15, 0.2) is 30.9 Å². The number of para-hydroxylation sites is 1. The van der Waals surface area contributed by atoms with Gasteiger partial charge in [-0.15, -0.1) is 6.58 Å². The summed E-state index contributed by atoms with van der Waals surface area (Å²) in [5.74, 6) is 1.57. The van der Waals surface area contributed by atoms with E-state index in [9.17, 15) is 4.79 Å². The van der Waals surface area contributed by atoms with Crippen LogP contribution in [0.25, 0.3) is 0 Å². The number of nitrogens with one attached hydrogen (secondary N) is 1. The van der Waals surface area contributed by atoms with E-state index in [0.29, 0.717) is 17.8 Å². The number of nitrogens with zero attached hydrogens (tertiary/aromatic N) is 1. The number of anilines is 1. The van der Waals surface area contributed by atoms with E-state index in [-0.39, 0.29) is 6.03 Å². The molecule has 2 aliphatic heterocycles. The highest BCUT2D eigenvalue weighted by atomic mass is 16.5. The lowest BCUT2D eigenvalue weighted by Gasteiger charge is -2.23. The van der Waals surface area contributed by atoms with Gasteiger partial charge in [-0.05, 0) is 48.1 Å². The molecule has 2 atom stereocenters. The molecule has 1 aromatic carbocycles. The molecular formula is C21H30N2O2. The Bertz CT molecular complexity index is 620. The smallest absolute Gasteiger partial charge is 0.321 e. The summed E-state index contributed by atoms with van der Waals surface area (Å²) in [4.78, 5) is 14.8. The van der Waals surface area contributed by atoms with E-state index in [1.807, 2.05) is 11.0 Å². The third-order valence-electron chi connectivity index (χ3n) is 5.54. The lowest BCUT2D eigenvalue weighted by Crippen LogP contribution is -2.34. The van der Waals surface area contributed by atoms with Crippen molar-refractivity contribution in [2.24, 2.45) is 11.8 Å². The summed E-state index contributed by atoms with van der Waals surface area (Å²) in [5.41, 5.74) is 3.29. The molecule has 0 bridgehead atoms. The number of carbonyl (C=O) groups excluding carboxylic acids is 1. The second-order valence-electron chi connectivity index (χ2n) is 7.58. The number of urea groups is 1. The molecule has 1 aromatic rings. The van der Waals surface area contributed by atoms with E-state index in [1.165, 1.54) is 5.56 Å². The number of hydrogen-bond donors (Lipinski definition) is 1. The zero-order valence-corrected chi connectivity index (χ0v) is 15.5. The van der Waals surface area contributed by atoms with Crippen LogP contribution in [0.1, 0.15) is 43.7 Å². The molecule has 2 heterocycles. The molecule has 4 heteroatoms. The standard InChI is InChI=1S/C21H30N2O2/c1-4-6-16-7-5-8-19(15(2)3)20(16)22-21(24)23-11-9-17(13-23)18-10-12-25-14-18/h4-5,7-8,15,17-18H,1,6,9-14H2,2-3H3,(H,22,24)/t17-,18+/m0/s1. The number of allylic oxidation sites excluding steroid dienone is 1. The van der Waals surface area contributed by atoms with Gasteiger partial charge >= 0.3 is 6.03 Å². The monoisotopic (exact) mass is 342 g/mol. The first-order valence-corrected chi connectivity index (χ1v) is 9.46. The number of benzene rings is 1. The summed E-state index contributed by atoms with van der Waals surface area (Å²) in [7, 11) is 0. The van der Waals surface area contributed by atoms with Gasteiger partial charge in [0.1, 0.15) is 0 Å². The normalized spacial score (nSPS) is 23.2. The van der Waals surface area contributed by atoms with E-state index in [0.717, 1.165) is 56.8 Å². The first-order valence-electron chi connectivity index (χ1n) is 9.46. The lowest BCUT2D eigenvalue weighted by molar-refractivity contribution is 0.171. The Kier molecular flexibility index (Phi) is 5.79. The Hall–Kier alpha value is -1.81. The molecule has 0 spiro atoms. The second kappa shape index (κ2) is 8.05. The average molecular weight is 342 g/mol. The number of likely N-dealkylation sites (tertiary alicyclic amines) is 1. The van der Waals surface area contributed by atoms with Crippen molar-refractivity contribution in [3.05, 3.63) is 42.0 Å². The van der Waals surface area contributed by atoms with Gasteiger partial charge in [0, 0.05) is 32.0 Å². The minimum atomic E-state index is 0.0276. The molecule has 1 N–H and O–H groups in total. The van der Waals surface area contributed by atoms with E-state index < -0.39 is 0 Å². The third-order valence-corrected chi connectivity index (χ3v) is 5.54. The SMILES string of the molecule is C=CCc1cccc(C(C)C)c1NC(=O)N1CC[C@H]([C@@H]2CCOC2)C1. The van der Waals surface area contributed by atoms with Crippen LogP contribution in [-0.4, -0.2) is 37.2 Å². The van der Waals surface area contributed by atoms with Crippen molar-refractivity contribution < 1.29 is 9.53 Å². The predicted molar refractivity (Wildman–Crippen MR) is 102 cm³/mol. The summed E-state index contributed by atoms with van der Waals surface area (Å²) >= 11 is 0. The molecule has 2 aliphatic rings. The number of rotatable bonds is 5. The minimum Gasteiger partial charge on any atom is -0.381 e. The Balaban J connectivity index is 1.71. The van der Waals surface area contributed by atoms with Gasteiger partial charge in [0.25, 0.3) is 0 Å². The van der Waals surface area contributed by atoms with Crippen LogP contribution in [0.2, 0.25) is 0 Å². The van der Waals surface area contributed by atoms with Gasteiger partial charge in [-0.1, -0.05) is 38.1 Å². The van der Waals surface area contributed by atoms with Crippen LogP contribution in [-0.2, 0) is 11.2 Å². The largest absolute Gasteiger partial charge is 0.381 e. The van der Waals surface area contributed by atoms with E-state index >= 15 is 0 Å².